The van der Waals surface area contributed by atoms with Gasteiger partial charge in [0.05, 0.1) is 19.3 Å². The van der Waals surface area contributed by atoms with Crippen LogP contribution in [-0.4, -0.2) is 135 Å². The minimum Gasteiger partial charge on any atom is -0.394 e. The van der Waals surface area contributed by atoms with Crippen LogP contribution < -0.4 is 17.2 Å². The molecule has 0 amide bonds. The molecule has 3 aliphatic rings. The largest absolute Gasteiger partial charge is 0.394 e. The molecule has 13 N–H and O–H groups in total. The smallest absolute Gasteiger partial charge is 0.187 e. The van der Waals surface area contributed by atoms with Gasteiger partial charge in [-0.1, -0.05) is 0 Å². The van der Waals surface area contributed by atoms with Crippen LogP contribution in [0.2, 0.25) is 0 Å². The molecule has 3 rings (SSSR count). The Morgan fingerprint density at radius 2 is 1.10 bits per heavy atom. The maximum atomic E-state index is 10.8. The molecule has 2 saturated heterocycles. The zero-order valence-electron chi connectivity index (χ0n) is 16.7. The zero-order chi connectivity index (χ0) is 23.0. The molecular weight excluding hydrogens is 422 g/mol. The number of aliphatic hydroxyl groups is 7. The number of aliphatic hydroxyl groups excluding tert-OH is 7. The van der Waals surface area contributed by atoms with Crippen LogP contribution in [0, 0.1) is 0 Å². The molecule has 14 heteroatoms. The van der Waals surface area contributed by atoms with Gasteiger partial charge in [-0.05, 0) is 6.42 Å². The summed E-state index contributed by atoms with van der Waals surface area (Å²) in [5.74, 6) is 0. The summed E-state index contributed by atoms with van der Waals surface area (Å²) in [4.78, 5) is 0. The van der Waals surface area contributed by atoms with Crippen LogP contribution in [-0.2, 0) is 18.9 Å². The highest BCUT2D eigenvalue weighted by Crippen LogP contribution is 2.31. The lowest BCUT2D eigenvalue weighted by Gasteiger charge is -2.46. The second-order valence-corrected chi connectivity index (χ2v) is 8.25. The number of hydrogen-bond donors (Lipinski definition) is 10. The summed E-state index contributed by atoms with van der Waals surface area (Å²) >= 11 is 0. The topological polar surface area (TPSA) is 257 Å². The van der Waals surface area contributed by atoms with Gasteiger partial charge in [0.1, 0.15) is 54.9 Å². The van der Waals surface area contributed by atoms with E-state index in [0.717, 1.165) is 0 Å². The van der Waals surface area contributed by atoms with E-state index in [-0.39, 0.29) is 6.42 Å². The summed E-state index contributed by atoms with van der Waals surface area (Å²) < 4.78 is 22.0. The van der Waals surface area contributed by atoms with E-state index in [1.165, 1.54) is 0 Å². The van der Waals surface area contributed by atoms with Gasteiger partial charge in [-0.25, -0.2) is 0 Å². The molecule has 14 atom stereocenters. The lowest BCUT2D eigenvalue weighted by atomic mass is 9.84. The average molecular weight is 455 g/mol. The van der Waals surface area contributed by atoms with E-state index in [9.17, 15) is 35.7 Å². The third kappa shape index (κ3) is 4.87. The quantitative estimate of drug-likeness (QED) is 0.179. The molecular formula is C17H33N3O11. The summed E-state index contributed by atoms with van der Waals surface area (Å²) in [5.41, 5.74) is 18.0. The van der Waals surface area contributed by atoms with Gasteiger partial charge in [0.2, 0.25) is 0 Å². The Morgan fingerprint density at radius 3 is 1.61 bits per heavy atom. The van der Waals surface area contributed by atoms with Gasteiger partial charge in [-0.3, -0.25) is 0 Å². The van der Waals surface area contributed by atoms with E-state index in [1.54, 1.807) is 0 Å². The molecule has 0 bridgehead atoms. The van der Waals surface area contributed by atoms with Gasteiger partial charge in [0.25, 0.3) is 0 Å². The van der Waals surface area contributed by atoms with Crippen LogP contribution >= 0.6 is 0 Å². The molecule has 8 unspecified atom stereocenters. The average Bonchev–Trinajstić information content (AvgIpc) is 3.01. The van der Waals surface area contributed by atoms with Crippen molar-refractivity contribution < 1.29 is 54.7 Å². The van der Waals surface area contributed by atoms with Crippen molar-refractivity contribution in [3.8, 4) is 0 Å². The second kappa shape index (κ2) is 10.1. The van der Waals surface area contributed by atoms with E-state index in [2.05, 4.69) is 0 Å². The molecule has 182 valence electrons. The van der Waals surface area contributed by atoms with Gasteiger partial charge in [-0.15, -0.1) is 0 Å². The standard InChI is InChI=1S/C17H33N3O11/c18-4-1-5(19)15(31-17-12(26)10(24)7(3-22)29-17)13(27)14(4)30-16-8(20)11(25)9(23)6(2-21)28-16/h4-17,21-27H,1-3,18-20H2/t4?,5-,6?,7-,8?,9-,10?,11?,12?,13?,14-,15?,16-,17+/m1/s1. The molecule has 0 spiro atoms. The molecule has 0 aromatic carbocycles. The van der Waals surface area contributed by atoms with Crippen molar-refractivity contribution in [2.45, 2.75) is 92.1 Å². The van der Waals surface area contributed by atoms with Crippen molar-refractivity contribution in [1.29, 1.82) is 0 Å². The third-order valence-electron chi connectivity index (χ3n) is 6.07. The van der Waals surface area contributed by atoms with Gasteiger partial charge < -0.3 is 71.9 Å². The van der Waals surface area contributed by atoms with Crippen LogP contribution in [0.5, 0.6) is 0 Å². The number of nitrogens with two attached hydrogens (primary N) is 3. The second-order valence-electron chi connectivity index (χ2n) is 8.25. The molecule has 1 saturated carbocycles. The molecule has 31 heavy (non-hydrogen) atoms. The number of ether oxygens (including phenoxy) is 4. The minimum absolute atomic E-state index is 0.123. The monoisotopic (exact) mass is 455 g/mol. The molecule has 2 aliphatic heterocycles. The molecule has 1 aliphatic carbocycles. The summed E-state index contributed by atoms with van der Waals surface area (Å²) in [6.07, 6.45) is -14.3. The van der Waals surface area contributed by atoms with Gasteiger partial charge in [0, 0.05) is 12.1 Å². The Labute approximate surface area is 178 Å². The Bertz CT molecular complexity index is 590. The van der Waals surface area contributed by atoms with Crippen LogP contribution in [0.3, 0.4) is 0 Å². The highest BCUT2D eigenvalue weighted by atomic mass is 16.7. The maximum Gasteiger partial charge on any atom is 0.187 e. The van der Waals surface area contributed by atoms with E-state index >= 15 is 0 Å². The van der Waals surface area contributed by atoms with Crippen LogP contribution in [0.25, 0.3) is 0 Å². The van der Waals surface area contributed by atoms with Crippen LogP contribution in [0.4, 0.5) is 0 Å². The predicted molar refractivity (Wildman–Crippen MR) is 99.8 cm³/mol. The first-order valence-corrected chi connectivity index (χ1v) is 10.1. The summed E-state index contributed by atoms with van der Waals surface area (Å²) in [5, 5.41) is 69.3. The first-order chi connectivity index (χ1) is 14.6. The van der Waals surface area contributed by atoms with Crippen molar-refractivity contribution in [2.24, 2.45) is 17.2 Å². The summed E-state index contributed by atoms with van der Waals surface area (Å²) in [6.45, 7) is -1.16. The van der Waals surface area contributed by atoms with Gasteiger partial charge in [-0.2, -0.15) is 0 Å². The highest BCUT2D eigenvalue weighted by Gasteiger charge is 2.51. The Hall–Kier alpha value is -0.560. The molecule has 3 fully saturated rings. The fourth-order valence-corrected chi connectivity index (χ4v) is 4.15. The molecule has 14 nitrogen and oxygen atoms in total. The predicted octanol–water partition coefficient (Wildman–Crippen LogP) is -6.62. The molecule has 2 heterocycles. The Kier molecular flexibility index (Phi) is 8.21. The summed E-state index contributed by atoms with van der Waals surface area (Å²) in [7, 11) is 0. The van der Waals surface area contributed by atoms with Crippen LogP contribution in [0.15, 0.2) is 0 Å². The normalized spacial score (nSPS) is 53.6. The highest BCUT2D eigenvalue weighted by molar-refractivity contribution is 5.01. The van der Waals surface area contributed by atoms with Gasteiger partial charge >= 0.3 is 0 Å². The van der Waals surface area contributed by atoms with Crippen LogP contribution in [0.1, 0.15) is 6.42 Å². The third-order valence-corrected chi connectivity index (χ3v) is 6.07. The molecule has 0 aromatic rings. The van der Waals surface area contributed by atoms with E-state index in [0.29, 0.717) is 0 Å². The Morgan fingerprint density at radius 1 is 0.645 bits per heavy atom. The zero-order valence-corrected chi connectivity index (χ0v) is 16.7. The summed E-state index contributed by atoms with van der Waals surface area (Å²) in [6, 6.07) is -2.78. The van der Waals surface area contributed by atoms with Crippen molar-refractivity contribution in [1.82, 2.24) is 0 Å². The fourth-order valence-electron chi connectivity index (χ4n) is 4.15. The number of rotatable bonds is 6. The lowest BCUT2D eigenvalue weighted by Crippen LogP contribution is -2.67. The van der Waals surface area contributed by atoms with Crippen molar-refractivity contribution in [3.63, 3.8) is 0 Å². The SMILES string of the molecule is NC1C(O)[C@H](O)C(CO)O[C@@H]1O[C@@H]1C(N)C[C@@H](N)C(O[C@@H]2O[C@H](CO)C(O)C2O)C1O. The lowest BCUT2D eigenvalue weighted by molar-refractivity contribution is -0.302. The van der Waals surface area contributed by atoms with E-state index < -0.39 is 98.9 Å². The van der Waals surface area contributed by atoms with Crippen molar-refractivity contribution in [3.05, 3.63) is 0 Å². The van der Waals surface area contributed by atoms with Gasteiger partial charge in [0.15, 0.2) is 12.6 Å². The maximum absolute atomic E-state index is 10.8. The van der Waals surface area contributed by atoms with Crippen molar-refractivity contribution >= 4 is 0 Å². The van der Waals surface area contributed by atoms with E-state index in [1.807, 2.05) is 0 Å². The van der Waals surface area contributed by atoms with E-state index in [4.69, 9.17) is 36.1 Å². The molecule has 0 aromatic heterocycles. The number of hydrogen-bond acceptors (Lipinski definition) is 14. The first-order valence-electron chi connectivity index (χ1n) is 10.1. The van der Waals surface area contributed by atoms with Crippen molar-refractivity contribution in [2.75, 3.05) is 13.2 Å². The minimum atomic E-state index is -1.48. The fraction of sp³-hybridized carbons (Fsp3) is 1.00. The molecule has 0 radical (unpaired) electrons. The first kappa shape index (κ1) is 25.1. The Balaban J connectivity index is 1.70.